The third-order valence-electron chi connectivity index (χ3n) is 2.12. The second kappa shape index (κ2) is 3.75. The summed E-state index contributed by atoms with van der Waals surface area (Å²) in [7, 11) is 0. The first kappa shape index (κ1) is 10.6. The molecule has 0 radical (unpaired) electrons. The van der Waals surface area contributed by atoms with Crippen molar-refractivity contribution in [1.82, 2.24) is 4.90 Å². The van der Waals surface area contributed by atoms with Crippen LogP contribution in [0.3, 0.4) is 0 Å². The van der Waals surface area contributed by atoms with Crippen molar-refractivity contribution in [1.29, 1.82) is 0 Å². The average molecular weight is 200 g/mol. The van der Waals surface area contributed by atoms with Gasteiger partial charge in [-0.2, -0.15) is 0 Å². The Hall–Kier alpha value is -1.43. The second-order valence-electron chi connectivity index (χ2n) is 3.28. The van der Waals surface area contributed by atoms with E-state index in [9.17, 15) is 14.4 Å². The Morgan fingerprint density at radius 3 is 2.64 bits per heavy atom. The maximum absolute atomic E-state index is 11.4. The molecule has 1 aliphatic rings. The normalized spacial score (nSPS) is 23.7. The van der Waals surface area contributed by atoms with E-state index in [4.69, 9.17) is 10.8 Å². The third-order valence-corrected chi connectivity index (χ3v) is 2.12. The number of carboxylic acids is 1. The molecule has 0 saturated carbocycles. The van der Waals surface area contributed by atoms with Crippen LogP contribution >= 0.6 is 0 Å². The highest BCUT2D eigenvalue weighted by Crippen LogP contribution is 2.19. The van der Waals surface area contributed by atoms with E-state index in [1.165, 1.54) is 6.92 Å². The van der Waals surface area contributed by atoms with E-state index >= 15 is 0 Å². The van der Waals surface area contributed by atoms with Crippen molar-refractivity contribution in [3.05, 3.63) is 0 Å². The van der Waals surface area contributed by atoms with Crippen molar-refractivity contribution in [3.8, 4) is 0 Å². The van der Waals surface area contributed by atoms with Crippen LogP contribution < -0.4 is 5.73 Å². The molecule has 0 aromatic rings. The molecule has 0 unspecified atom stereocenters. The Kier molecular flexibility index (Phi) is 2.85. The summed E-state index contributed by atoms with van der Waals surface area (Å²) in [6.45, 7) is 1.42. The minimum atomic E-state index is -1.16. The number of carbonyl (C=O) groups excluding carboxylic acids is 2. The molecule has 0 spiro atoms. The Balaban J connectivity index is 2.87. The van der Waals surface area contributed by atoms with Gasteiger partial charge in [-0.15, -0.1) is 0 Å². The molecule has 0 aromatic carbocycles. The van der Waals surface area contributed by atoms with E-state index in [0.29, 0.717) is 0 Å². The molecule has 78 valence electrons. The van der Waals surface area contributed by atoms with Crippen molar-refractivity contribution in [2.45, 2.75) is 31.8 Å². The van der Waals surface area contributed by atoms with Gasteiger partial charge in [-0.3, -0.25) is 14.5 Å². The summed E-state index contributed by atoms with van der Waals surface area (Å²) < 4.78 is 0. The zero-order valence-electron chi connectivity index (χ0n) is 7.77. The van der Waals surface area contributed by atoms with Gasteiger partial charge in [0.05, 0.1) is 6.04 Å². The van der Waals surface area contributed by atoms with Crippen LogP contribution in [0, 0.1) is 0 Å². The monoisotopic (exact) mass is 200 g/mol. The Morgan fingerprint density at radius 2 is 2.21 bits per heavy atom. The largest absolute Gasteiger partial charge is 0.480 e. The number of carboxylic acid groups (broad SMARTS) is 1. The van der Waals surface area contributed by atoms with Crippen molar-refractivity contribution in [3.63, 3.8) is 0 Å². The van der Waals surface area contributed by atoms with E-state index in [2.05, 4.69) is 0 Å². The molecule has 0 bridgehead atoms. The number of rotatable bonds is 2. The summed E-state index contributed by atoms with van der Waals surface area (Å²) >= 11 is 0. The molecule has 1 fully saturated rings. The van der Waals surface area contributed by atoms with Crippen LogP contribution in [0.5, 0.6) is 0 Å². The van der Waals surface area contributed by atoms with Crippen molar-refractivity contribution in [2.24, 2.45) is 5.73 Å². The zero-order chi connectivity index (χ0) is 10.9. The molecule has 2 atom stereocenters. The fourth-order valence-electron chi connectivity index (χ4n) is 1.41. The maximum Gasteiger partial charge on any atom is 0.326 e. The minimum Gasteiger partial charge on any atom is -0.480 e. The molecule has 2 amide bonds. The molecule has 1 saturated heterocycles. The van der Waals surface area contributed by atoms with Crippen LogP contribution in [-0.4, -0.2) is 39.9 Å². The number of nitrogens with zero attached hydrogens (tertiary/aromatic N) is 1. The summed E-state index contributed by atoms with van der Waals surface area (Å²) in [6.07, 6.45) is 0.266. The quantitative estimate of drug-likeness (QED) is 0.591. The van der Waals surface area contributed by atoms with Gasteiger partial charge >= 0.3 is 5.97 Å². The Bertz CT molecular complexity index is 287. The number of amides is 2. The number of aliphatic carboxylic acids is 1. The summed E-state index contributed by atoms with van der Waals surface area (Å²) in [4.78, 5) is 34.1. The SMILES string of the molecule is C[C@H](N)C(=O)N1C(=O)CC[C@H]1C(=O)O. The number of imide groups is 1. The van der Waals surface area contributed by atoms with Gasteiger partial charge < -0.3 is 10.8 Å². The molecular weight excluding hydrogens is 188 g/mol. The van der Waals surface area contributed by atoms with Crippen LogP contribution in [0.1, 0.15) is 19.8 Å². The van der Waals surface area contributed by atoms with Gasteiger partial charge in [0.25, 0.3) is 0 Å². The van der Waals surface area contributed by atoms with Crippen molar-refractivity contribution in [2.75, 3.05) is 0 Å². The van der Waals surface area contributed by atoms with E-state index in [0.717, 1.165) is 4.90 Å². The minimum absolute atomic E-state index is 0.0927. The topological polar surface area (TPSA) is 101 Å². The number of likely N-dealkylation sites (tertiary alicyclic amines) is 1. The summed E-state index contributed by atoms with van der Waals surface area (Å²) in [5.41, 5.74) is 5.30. The van der Waals surface area contributed by atoms with E-state index in [-0.39, 0.29) is 12.8 Å². The first-order valence-electron chi connectivity index (χ1n) is 4.29. The first-order valence-corrected chi connectivity index (χ1v) is 4.29. The first-order chi connectivity index (χ1) is 6.45. The van der Waals surface area contributed by atoms with Crippen molar-refractivity contribution < 1.29 is 19.5 Å². The lowest BCUT2D eigenvalue weighted by molar-refractivity contribution is -0.154. The molecule has 6 heteroatoms. The zero-order valence-corrected chi connectivity index (χ0v) is 7.77. The van der Waals surface area contributed by atoms with Crippen LogP contribution in [0.4, 0.5) is 0 Å². The molecule has 1 rings (SSSR count). The highest BCUT2D eigenvalue weighted by atomic mass is 16.4. The number of hydrogen-bond acceptors (Lipinski definition) is 4. The molecule has 3 N–H and O–H groups in total. The highest BCUT2D eigenvalue weighted by molar-refractivity contribution is 6.03. The van der Waals surface area contributed by atoms with Crippen LogP contribution in [0.2, 0.25) is 0 Å². The summed E-state index contributed by atoms with van der Waals surface area (Å²) in [5, 5.41) is 8.75. The maximum atomic E-state index is 11.4. The van der Waals surface area contributed by atoms with E-state index in [1.54, 1.807) is 0 Å². The fraction of sp³-hybridized carbons (Fsp3) is 0.625. The molecule has 0 aromatic heterocycles. The highest BCUT2D eigenvalue weighted by Gasteiger charge is 2.40. The molecule has 0 aliphatic carbocycles. The van der Waals surface area contributed by atoms with E-state index < -0.39 is 29.9 Å². The Labute approximate surface area is 80.7 Å². The van der Waals surface area contributed by atoms with Gasteiger partial charge in [0.15, 0.2) is 0 Å². The predicted molar refractivity (Wildman–Crippen MR) is 46.2 cm³/mol. The van der Waals surface area contributed by atoms with Crippen molar-refractivity contribution >= 4 is 17.8 Å². The lowest BCUT2D eigenvalue weighted by atomic mass is 10.2. The second-order valence-corrected chi connectivity index (χ2v) is 3.28. The third kappa shape index (κ3) is 1.74. The Morgan fingerprint density at radius 1 is 1.64 bits per heavy atom. The smallest absolute Gasteiger partial charge is 0.326 e. The fourth-order valence-corrected chi connectivity index (χ4v) is 1.41. The summed E-state index contributed by atoms with van der Waals surface area (Å²) in [6, 6.07) is -1.89. The standard InChI is InChI=1S/C8H12N2O4/c1-4(9)7(12)10-5(8(13)14)2-3-6(10)11/h4-5H,2-3,9H2,1H3,(H,13,14)/t4-,5-/m0/s1. The lowest BCUT2D eigenvalue weighted by Gasteiger charge is -2.21. The number of nitrogens with two attached hydrogens (primary N) is 1. The molecule has 14 heavy (non-hydrogen) atoms. The average Bonchev–Trinajstić information content (AvgIpc) is 2.45. The number of hydrogen-bond donors (Lipinski definition) is 2. The number of carbonyl (C=O) groups is 3. The predicted octanol–water partition coefficient (Wildman–Crippen LogP) is -1.06. The van der Waals surface area contributed by atoms with Gasteiger partial charge in [-0.25, -0.2) is 4.79 Å². The van der Waals surface area contributed by atoms with Gasteiger partial charge in [0.1, 0.15) is 6.04 Å². The van der Waals surface area contributed by atoms with E-state index in [1.807, 2.05) is 0 Å². The van der Waals surface area contributed by atoms with Gasteiger partial charge in [-0.05, 0) is 13.3 Å². The lowest BCUT2D eigenvalue weighted by Crippen LogP contribution is -2.49. The van der Waals surface area contributed by atoms with Crippen LogP contribution in [-0.2, 0) is 14.4 Å². The molecule has 1 aliphatic heterocycles. The van der Waals surface area contributed by atoms with Gasteiger partial charge in [-0.1, -0.05) is 0 Å². The van der Waals surface area contributed by atoms with Crippen LogP contribution in [0.15, 0.2) is 0 Å². The molecular formula is C8H12N2O4. The molecule has 6 nitrogen and oxygen atoms in total. The summed E-state index contributed by atoms with van der Waals surface area (Å²) in [5.74, 6) is -2.25. The van der Waals surface area contributed by atoms with Gasteiger partial charge in [0.2, 0.25) is 11.8 Å². The van der Waals surface area contributed by atoms with Gasteiger partial charge in [0, 0.05) is 6.42 Å². The van der Waals surface area contributed by atoms with Crippen LogP contribution in [0.25, 0.3) is 0 Å². The molecule has 1 heterocycles.